The third kappa shape index (κ3) is 4.13. The Kier molecular flexibility index (Phi) is 4.62. The van der Waals surface area contributed by atoms with Gasteiger partial charge >= 0.3 is 0 Å². The minimum atomic E-state index is 0.488. The summed E-state index contributed by atoms with van der Waals surface area (Å²) >= 11 is 0. The highest BCUT2D eigenvalue weighted by molar-refractivity contribution is 5.52. The molecule has 0 radical (unpaired) electrons. The molecule has 19 heavy (non-hydrogen) atoms. The quantitative estimate of drug-likeness (QED) is 0.811. The van der Waals surface area contributed by atoms with Crippen LogP contribution in [-0.4, -0.2) is 6.04 Å². The van der Waals surface area contributed by atoms with Crippen LogP contribution in [0.15, 0.2) is 48.5 Å². The molecule has 1 heteroatoms. The zero-order valence-electron chi connectivity index (χ0n) is 12.1. The number of nitrogens with one attached hydrogen (secondary N) is 1. The van der Waals surface area contributed by atoms with Gasteiger partial charge in [0.1, 0.15) is 0 Å². The van der Waals surface area contributed by atoms with E-state index < -0.39 is 0 Å². The van der Waals surface area contributed by atoms with Crippen LogP contribution in [0, 0.1) is 13.8 Å². The zero-order chi connectivity index (χ0) is 13.7. The molecule has 2 rings (SSSR count). The van der Waals surface area contributed by atoms with Gasteiger partial charge in [-0.3, -0.25) is 0 Å². The van der Waals surface area contributed by atoms with Crippen LogP contribution in [-0.2, 0) is 6.42 Å². The minimum Gasteiger partial charge on any atom is -0.382 e. The lowest BCUT2D eigenvalue weighted by Crippen LogP contribution is -2.16. The number of benzene rings is 2. The topological polar surface area (TPSA) is 12.0 Å². The van der Waals surface area contributed by atoms with E-state index in [2.05, 4.69) is 74.6 Å². The van der Waals surface area contributed by atoms with Gasteiger partial charge in [0.25, 0.3) is 0 Å². The Hall–Kier alpha value is -1.76. The van der Waals surface area contributed by atoms with Gasteiger partial charge in [-0.2, -0.15) is 0 Å². The van der Waals surface area contributed by atoms with E-state index in [0.717, 1.165) is 12.8 Å². The van der Waals surface area contributed by atoms with Crippen molar-refractivity contribution in [2.75, 3.05) is 5.32 Å². The van der Waals surface area contributed by atoms with Crippen LogP contribution in [0.3, 0.4) is 0 Å². The number of aryl methyl sites for hydroxylation is 3. The van der Waals surface area contributed by atoms with Crippen molar-refractivity contribution in [1.82, 2.24) is 0 Å². The van der Waals surface area contributed by atoms with Crippen molar-refractivity contribution in [1.29, 1.82) is 0 Å². The Morgan fingerprint density at radius 1 is 1.00 bits per heavy atom. The zero-order valence-corrected chi connectivity index (χ0v) is 12.1. The van der Waals surface area contributed by atoms with Crippen LogP contribution in [0.2, 0.25) is 0 Å². The normalized spacial score (nSPS) is 12.2. The third-order valence-corrected chi connectivity index (χ3v) is 3.49. The maximum atomic E-state index is 3.61. The van der Waals surface area contributed by atoms with E-state index in [-0.39, 0.29) is 0 Å². The predicted octanol–water partition coefficient (Wildman–Crippen LogP) is 4.74. The van der Waals surface area contributed by atoms with E-state index in [0.29, 0.717) is 6.04 Å². The van der Waals surface area contributed by atoms with E-state index in [1.54, 1.807) is 0 Å². The summed E-state index contributed by atoms with van der Waals surface area (Å²) < 4.78 is 0. The largest absolute Gasteiger partial charge is 0.382 e. The second-order valence-electron chi connectivity index (χ2n) is 5.39. The van der Waals surface area contributed by atoms with Gasteiger partial charge in [-0.15, -0.1) is 0 Å². The van der Waals surface area contributed by atoms with E-state index >= 15 is 0 Å². The van der Waals surface area contributed by atoms with Crippen LogP contribution >= 0.6 is 0 Å². The smallest absolute Gasteiger partial charge is 0.0372 e. The molecule has 2 aromatic rings. The molecule has 1 N–H and O–H groups in total. The summed E-state index contributed by atoms with van der Waals surface area (Å²) in [7, 11) is 0. The summed E-state index contributed by atoms with van der Waals surface area (Å²) in [4.78, 5) is 0. The van der Waals surface area contributed by atoms with Crippen molar-refractivity contribution in [3.8, 4) is 0 Å². The molecule has 0 saturated carbocycles. The summed E-state index contributed by atoms with van der Waals surface area (Å²) in [6.07, 6.45) is 2.28. The highest BCUT2D eigenvalue weighted by Crippen LogP contribution is 2.18. The first-order chi connectivity index (χ1) is 9.15. The van der Waals surface area contributed by atoms with Gasteiger partial charge < -0.3 is 5.32 Å². The Bertz CT molecular complexity index is 516. The Morgan fingerprint density at radius 2 is 1.74 bits per heavy atom. The molecule has 0 aromatic heterocycles. The highest BCUT2D eigenvalue weighted by atomic mass is 14.9. The molecule has 0 aliphatic heterocycles. The molecular weight excluding hydrogens is 230 g/mol. The fourth-order valence-corrected chi connectivity index (χ4v) is 2.34. The predicted molar refractivity (Wildman–Crippen MR) is 83.8 cm³/mol. The van der Waals surface area contributed by atoms with Gasteiger partial charge in [0.2, 0.25) is 0 Å². The maximum Gasteiger partial charge on any atom is 0.0372 e. The van der Waals surface area contributed by atoms with Crippen molar-refractivity contribution >= 4 is 5.69 Å². The van der Waals surface area contributed by atoms with Gasteiger partial charge in [0, 0.05) is 11.7 Å². The van der Waals surface area contributed by atoms with E-state index in [4.69, 9.17) is 0 Å². The summed E-state index contributed by atoms with van der Waals surface area (Å²) in [6.45, 7) is 6.55. The molecule has 2 aromatic carbocycles. The highest BCUT2D eigenvalue weighted by Gasteiger charge is 2.04. The summed E-state index contributed by atoms with van der Waals surface area (Å²) in [5.74, 6) is 0. The molecule has 0 bridgehead atoms. The molecule has 0 fully saturated rings. The number of hydrogen-bond donors (Lipinski definition) is 1. The first-order valence-electron chi connectivity index (χ1n) is 7.03. The second-order valence-corrected chi connectivity index (χ2v) is 5.39. The van der Waals surface area contributed by atoms with Crippen LogP contribution < -0.4 is 5.32 Å². The molecule has 0 amide bonds. The van der Waals surface area contributed by atoms with Crippen LogP contribution in [0.5, 0.6) is 0 Å². The monoisotopic (exact) mass is 253 g/mol. The summed E-state index contributed by atoms with van der Waals surface area (Å²) in [5, 5.41) is 3.61. The average Bonchev–Trinajstić information content (AvgIpc) is 2.41. The van der Waals surface area contributed by atoms with Crippen molar-refractivity contribution < 1.29 is 0 Å². The average molecular weight is 253 g/mol. The van der Waals surface area contributed by atoms with Gasteiger partial charge in [-0.25, -0.2) is 0 Å². The summed E-state index contributed by atoms with van der Waals surface area (Å²) in [6, 6.07) is 17.8. The van der Waals surface area contributed by atoms with Crippen molar-refractivity contribution in [2.45, 2.75) is 39.7 Å². The number of anilines is 1. The van der Waals surface area contributed by atoms with Crippen molar-refractivity contribution in [2.24, 2.45) is 0 Å². The van der Waals surface area contributed by atoms with Gasteiger partial charge in [0.05, 0.1) is 0 Å². The Balaban J connectivity index is 1.89. The second kappa shape index (κ2) is 6.42. The van der Waals surface area contributed by atoms with Crippen molar-refractivity contribution in [3.63, 3.8) is 0 Å². The first kappa shape index (κ1) is 13.7. The molecular formula is C18H23N. The molecule has 1 nitrogen and oxygen atoms in total. The van der Waals surface area contributed by atoms with Gasteiger partial charge in [0.15, 0.2) is 0 Å². The Labute approximate surface area is 116 Å². The number of hydrogen-bond acceptors (Lipinski definition) is 1. The molecule has 0 spiro atoms. The fourth-order valence-electron chi connectivity index (χ4n) is 2.34. The summed E-state index contributed by atoms with van der Waals surface area (Å²) in [5.41, 5.74) is 5.31. The molecule has 0 heterocycles. The number of rotatable bonds is 5. The lowest BCUT2D eigenvalue weighted by Gasteiger charge is -2.17. The molecule has 1 atom stereocenters. The van der Waals surface area contributed by atoms with Crippen LogP contribution in [0.1, 0.15) is 30.0 Å². The lowest BCUT2D eigenvalue weighted by molar-refractivity contribution is 0.705. The van der Waals surface area contributed by atoms with E-state index in [1.165, 1.54) is 22.4 Å². The first-order valence-corrected chi connectivity index (χ1v) is 7.03. The molecule has 0 aliphatic carbocycles. The van der Waals surface area contributed by atoms with Gasteiger partial charge in [-0.05, 0) is 50.8 Å². The lowest BCUT2D eigenvalue weighted by atomic mass is 10.1. The minimum absolute atomic E-state index is 0.488. The standard InChI is InChI=1S/C18H23N/c1-14-9-12-18(15(2)13-14)19-16(3)10-11-17-7-5-4-6-8-17/h4-9,12-13,16,19H,10-11H2,1-3H3. The van der Waals surface area contributed by atoms with E-state index in [9.17, 15) is 0 Å². The van der Waals surface area contributed by atoms with Gasteiger partial charge in [-0.1, -0.05) is 48.0 Å². The molecule has 1 unspecified atom stereocenters. The molecule has 0 saturated heterocycles. The van der Waals surface area contributed by atoms with Crippen LogP contribution in [0.4, 0.5) is 5.69 Å². The van der Waals surface area contributed by atoms with Crippen LogP contribution in [0.25, 0.3) is 0 Å². The molecule has 100 valence electrons. The third-order valence-electron chi connectivity index (χ3n) is 3.49. The van der Waals surface area contributed by atoms with E-state index in [1.807, 2.05) is 0 Å². The van der Waals surface area contributed by atoms with Crippen molar-refractivity contribution in [3.05, 3.63) is 65.2 Å². The fraction of sp³-hybridized carbons (Fsp3) is 0.333. The Morgan fingerprint density at radius 3 is 2.42 bits per heavy atom. The SMILES string of the molecule is Cc1ccc(NC(C)CCc2ccccc2)c(C)c1. The maximum absolute atomic E-state index is 3.61. The molecule has 0 aliphatic rings.